The Labute approximate surface area is 178 Å². The molecule has 32 heavy (non-hydrogen) atoms. The minimum Gasteiger partial charge on any atom is -0.435 e. The second-order valence-electron chi connectivity index (χ2n) is 7.34. The van der Waals surface area contributed by atoms with Gasteiger partial charge < -0.3 is 15.8 Å². The lowest BCUT2D eigenvalue weighted by Gasteiger charge is -2.12. The predicted molar refractivity (Wildman–Crippen MR) is 109 cm³/mol. The fourth-order valence-electron chi connectivity index (χ4n) is 3.42. The second-order valence-corrected chi connectivity index (χ2v) is 7.34. The number of rotatable bonds is 6. The molecule has 4 aromatic rings. The summed E-state index contributed by atoms with van der Waals surface area (Å²) in [6.07, 6.45) is 1.82. The van der Waals surface area contributed by atoms with Crippen molar-refractivity contribution < 1.29 is 22.3 Å². The molecular formula is C21H16F4N6O. The molecule has 11 heteroatoms. The summed E-state index contributed by atoms with van der Waals surface area (Å²) in [5, 5.41) is 2.95. The van der Waals surface area contributed by atoms with Gasteiger partial charge in [-0.05, 0) is 37.1 Å². The number of benzene rings is 2. The Morgan fingerprint density at radius 3 is 2.41 bits per heavy atom. The summed E-state index contributed by atoms with van der Waals surface area (Å²) in [5.41, 5.74) is 7.16. The van der Waals surface area contributed by atoms with E-state index in [2.05, 4.69) is 25.0 Å². The lowest BCUT2D eigenvalue weighted by atomic mass is 10.3. The van der Waals surface area contributed by atoms with Gasteiger partial charge in [0.1, 0.15) is 23.2 Å². The molecule has 0 spiro atoms. The van der Waals surface area contributed by atoms with E-state index >= 15 is 0 Å². The van der Waals surface area contributed by atoms with E-state index in [4.69, 9.17) is 5.73 Å². The molecule has 7 nitrogen and oxygen atoms in total. The molecule has 1 saturated carbocycles. The summed E-state index contributed by atoms with van der Waals surface area (Å²) < 4.78 is 58.3. The number of nitrogen functional groups attached to an aromatic ring is 1. The largest absolute Gasteiger partial charge is 0.435 e. The third-order valence-corrected chi connectivity index (χ3v) is 4.96. The van der Waals surface area contributed by atoms with Crippen molar-refractivity contribution in [3.63, 3.8) is 0 Å². The fourth-order valence-corrected chi connectivity index (χ4v) is 3.42. The standard InChI is InChI=1S/C21H16F4N6O/c22-13-7-15-16(8-14(13)23)31(19(28-15)10-1-2-10)18-9-17(26)29-21(30-18)27-11-3-5-12(6-4-11)32-20(24)25/h3-10,20H,1-2H2,(H3,26,27,29,30). The van der Waals surface area contributed by atoms with Gasteiger partial charge in [0.05, 0.1) is 11.0 Å². The van der Waals surface area contributed by atoms with E-state index in [1.807, 2.05) is 0 Å². The molecule has 164 valence electrons. The number of nitrogens with one attached hydrogen (secondary N) is 1. The second kappa shape index (κ2) is 7.66. The maximum Gasteiger partial charge on any atom is 0.387 e. The van der Waals surface area contributed by atoms with Crippen molar-refractivity contribution in [2.45, 2.75) is 25.4 Å². The van der Waals surface area contributed by atoms with Crippen LogP contribution >= 0.6 is 0 Å². The first-order valence-corrected chi connectivity index (χ1v) is 9.71. The summed E-state index contributed by atoms with van der Waals surface area (Å²) in [6.45, 7) is -2.92. The molecule has 2 aromatic heterocycles. The third kappa shape index (κ3) is 3.88. The first kappa shape index (κ1) is 20.0. The molecule has 3 N–H and O–H groups in total. The van der Waals surface area contributed by atoms with Crippen LogP contribution < -0.4 is 15.8 Å². The average Bonchev–Trinajstić information content (AvgIpc) is 3.51. The maximum absolute atomic E-state index is 14.0. The van der Waals surface area contributed by atoms with Crippen LogP contribution in [0.2, 0.25) is 0 Å². The number of nitrogens with two attached hydrogens (primary N) is 1. The highest BCUT2D eigenvalue weighted by molar-refractivity contribution is 5.79. The molecule has 0 radical (unpaired) electrons. The lowest BCUT2D eigenvalue weighted by molar-refractivity contribution is -0.0498. The minimum absolute atomic E-state index is 0.00736. The monoisotopic (exact) mass is 444 g/mol. The topological polar surface area (TPSA) is 90.9 Å². The quantitative estimate of drug-likeness (QED) is 0.411. The predicted octanol–water partition coefficient (Wildman–Crippen LogP) is 4.90. The number of hydrogen-bond donors (Lipinski definition) is 2. The summed E-state index contributed by atoms with van der Waals surface area (Å²) in [5.74, 6) is -0.553. The molecular weight excluding hydrogens is 428 g/mol. The highest BCUT2D eigenvalue weighted by Gasteiger charge is 2.31. The Hall–Kier alpha value is -3.89. The zero-order valence-corrected chi connectivity index (χ0v) is 16.4. The van der Waals surface area contributed by atoms with Crippen LogP contribution in [-0.2, 0) is 0 Å². The molecule has 1 aliphatic carbocycles. The van der Waals surface area contributed by atoms with Crippen molar-refractivity contribution in [1.82, 2.24) is 19.5 Å². The van der Waals surface area contributed by atoms with Gasteiger partial charge in [-0.25, -0.2) is 13.8 Å². The number of halogens is 4. The van der Waals surface area contributed by atoms with E-state index in [1.54, 1.807) is 4.57 Å². The Morgan fingerprint density at radius 2 is 1.72 bits per heavy atom. The smallest absolute Gasteiger partial charge is 0.387 e. The van der Waals surface area contributed by atoms with Crippen LogP contribution in [0.4, 0.5) is 35.0 Å². The molecule has 5 rings (SSSR count). The SMILES string of the molecule is Nc1cc(-n2c(C3CC3)nc3cc(F)c(F)cc32)nc(Nc2ccc(OC(F)F)cc2)n1. The molecule has 0 unspecified atom stereocenters. The van der Waals surface area contributed by atoms with E-state index < -0.39 is 18.2 Å². The van der Waals surface area contributed by atoms with Crippen molar-refractivity contribution in [1.29, 1.82) is 0 Å². The zero-order chi connectivity index (χ0) is 22.4. The lowest BCUT2D eigenvalue weighted by Crippen LogP contribution is -2.08. The van der Waals surface area contributed by atoms with Gasteiger partial charge in [-0.2, -0.15) is 18.7 Å². The normalized spacial score (nSPS) is 13.7. The number of anilines is 3. The van der Waals surface area contributed by atoms with Crippen molar-refractivity contribution in [2.24, 2.45) is 0 Å². The van der Waals surface area contributed by atoms with Gasteiger partial charge in [0, 0.05) is 29.8 Å². The summed E-state index contributed by atoms with van der Waals surface area (Å²) in [6, 6.07) is 9.42. The average molecular weight is 444 g/mol. The van der Waals surface area contributed by atoms with E-state index in [0.717, 1.165) is 25.0 Å². The van der Waals surface area contributed by atoms with Gasteiger partial charge in [-0.3, -0.25) is 4.57 Å². The molecule has 0 aliphatic heterocycles. The summed E-state index contributed by atoms with van der Waals surface area (Å²) >= 11 is 0. The van der Waals surface area contributed by atoms with Crippen LogP contribution in [0.15, 0.2) is 42.5 Å². The van der Waals surface area contributed by atoms with Crippen molar-refractivity contribution >= 4 is 28.5 Å². The number of hydrogen-bond acceptors (Lipinski definition) is 6. The van der Waals surface area contributed by atoms with Gasteiger partial charge >= 0.3 is 6.61 Å². The Balaban J connectivity index is 1.54. The highest BCUT2D eigenvalue weighted by Crippen LogP contribution is 2.42. The van der Waals surface area contributed by atoms with Crippen LogP contribution in [0.25, 0.3) is 16.9 Å². The number of nitrogens with zero attached hydrogens (tertiary/aromatic N) is 4. The van der Waals surface area contributed by atoms with Gasteiger partial charge in [-0.15, -0.1) is 0 Å². The first-order valence-electron chi connectivity index (χ1n) is 9.71. The van der Waals surface area contributed by atoms with Crippen LogP contribution in [-0.4, -0.2) is 26.1 Å². The number of alkyl halides is 2. The Morgan fingerprint density at radius 1 is 1.00 bits per heavy atom. The fraction of sp³-hybridized carbons (Fsp3) is 0.190. The van der Waals surface area contributed by atoms with Crippen LogP contribution in [0.5, 0.6) is 5.75 Å². The Kier molecular flexibility index (Phi) is 4.80. The maximum atomic E-state index is 14.0. The van der Waals surface area contributed by atoms with Crippen molar-refractivity contribution in [3.8, 4) is 11.6 Å². The zero-order valence-electron chi connectivity index (χ0n) is 16.4. The molecule has 2 aromatic carbocycles. The van der Waals surface area contributed by atoms with Crippen LogP contribution in [0, 0.1) is 11.6 Å². The van der Waals surface area contributed by atoms with Crippen LogP contribution in [0.3, 0.4) is 0 Å². The van der Waals surface area contributed by atoms with Crippen molar-refractivity contribution in [2.75, 3.05) is 11.1 Å². The Bertz CT molecular complexity index is 1300. The van der Waals surface area contributed by atoms with Gasteiger partial charge in [0.2, 0.25) is 5.95 Å². The van der Waals surface area contributed by atoms with Crippen molar-refractivity contribution in [3.05, 3.63) is 59.9 Å². The summed E-state index contributed by atoms with van der Waals surface area (Å²) in [7, 11) is 0. The molecule has 0 bridgehead atoms. The minimum atomic E-state index is -2.92. The number of aromatic nitrogens is 4. The molecule has 0 saturated heterocycles. The van der Waals surface area contributed by atoms with E-state index in [-0.39, 0.29) is 23.4 Å². The van der Waals surface area contributed by atoms with E-state index in [1.165, 1.54) is 30.3 Å². The highest BCUT2D eigenvalue weighted by atomic mass is 19.3. The number of imidazole rings is 1. The molecule has 0 atom stereocenters. The molecule has 1 fully saturated rings. The molecule has 2 heterocycles. The number of ether oxygens (including phenoxy) is 1. The third-order valence-electron chi connectivity index (χ3n) is 4.96. The molecule has 1 aliphatic rings. The summed E-state index contributed by atoms with van der Waals surface area (Å²) in [4.78, 5) is 13.1. The first-order chi connectivity index (χ1) is 15.4. The van der Waals surface area contributed by atoms with Crippen LogP contribution in [0.1, 0.15) is 24.6 Å². The van der Waals surface area contributed by atoms with E-state index in [9.17, 15) is 17.6 Å². The number of fused-ring (bicyclic) bond motifs is 1. The van der Waals surface area contributed by atoms with E-state index in [0.29, 0.717) is 28.4 Å². The van der Waals surface area contributed by atoms with Gasteiger partial charge in [0.15, 0.2) is 11.6 Å². The van der Waals surface area contributed by atoms with Gasteiger partial charge in [-0.1, -0.05) is 0 Å². The molecule has 0 amide bonds. The van der Waals surface area contributed by atoms with Gasteiger partial charge in [0.25, 0.3) is 0 Å².